The van der Waals surface area contributed by atoms with Crippen LogP contribution >= 0.6 is 0 Å². The van der Waals surface area contributed by atoms with E-state index in [9.17, 15) is 0 Å². The first-order valence-electron chi connectivity index (χ1n) is 3.37. The Bertz CT molecular complexity index is 301. The van der Waals surface area contributed by atoms with Crippen molar-refractivity contribution in [2.45, 2.75) is 6.92 Å². The second kappa shape index (κ2) is 3.03. The van der Waals surface area contributed by atoms with Crippen LogP contribution in [0.2, 0.25) is 0 Å². The summed E-state index contributed by atoms with van der Waals surface area (Å²) in [7, 11) is 0. The lowest BCUT2D eigenvalue weighted by molar-refractivity contribution is 1.59. The normalized spacial score (nSPS) is 8.73. The van der Waals surface area contributed by atoms with Crippen molar-refractivity contribution in [3.63, 3.8) is 0 Å². The summed E-state index contributed by atoms with van der Waals surface area (Å²) in [6.07, 6.45) is 0. The molecule has 11 heavy (non-hydrogen) atoms. The van der Waals surface area contributed by atoms with E-state index in [1.165, 1.54) is 0 Å². The Balaban J connectivity index is 3.03. The molecule has 1 nitrogen and oxygen atoms in total. The van der Waals surface area contributed by atoms with E-state index in [1.54, 1.807) is 12.1 Å². The van der Waals surface area contributed by atoms with E-state index in [0.29, 0.717) is 5.69 Å². The third kappa shape index (κ3) is 1.68. The molecule has 54 valence electrons. The molecule has 1 aromatic carbocycles. The quantitative estimate of drug-likeness (QED) is 0.531. The SMILES string of the molecule is [C-]#[N+]c1ccc(C(=C)C)cc1. The molecule has 0 radical (unpaired) electrons. The number of benzene rings is 1. The van der Waals surface area contributed by atoms with Crippen LogP contribution in [0.5, 0.6) is 0 Å². The number of hydrogen-bond acceptors (Lipinski definition) is 0. The van der Waals surface area contributed by atoms with Crippen LogP contribution in [0.1, 0.15) is 12.5 Å². The van der Waals surface area contributed by atoms with Gasteiger partial charge in [-0.05, 0) is 12.5 Å². The topological polar surface area (TPSA) is 4.36 Å². The van der Waals surface area contributed by atoms with Gasteiger partial charge in [-0.3, -0.25) is 0 Å². The molecule has 0 amide bonds. The first-order valence-corrected chi connectivity index (χ1v) is 3.37. The Morgan fingerprint density at radius 1 is 1.36 bits per heavy atom. The minimum atomic E-state index is 0.676. The number of hydrogen-bond donors (Lipinski definition) is 0. The predicted molar refractivity (Wildman–Crippen MR) is 47.4 cm³/mol. The van der Waals surface area contributed by atoms with E-state index in [4.69, 9.17) is 6.57 Å². The monoisotopic (exact) mass is 143 g/mol. The molecule has 0 saturated heterocycles. The van der Waals surface area contributed by atoms with Crippen LogP contribution in [-0.4, -0.2) is 0 Å². The molecular formula is C10H9N. The summed E-state index contributed by atoms with van der Waals surface area (Å²) in [5.41, 5.74) is 2.80. The van der Waals surface area contributed by atoms with Crippen LogP contribution in [0.4, 0.5) is 5.69 Å². The Morgan fingerprint density at radius 2 is 1.91 bits per heavy atom. The van der Waals surface area contributed by atoms with Crippen molar-refractivity contribution >= 4 is 11.3 Å². The van der Waals surface area contributed by atoms with E-state index < -0.39 is 0 Å². The summed E-state index contributed by atoms with van der Waals surface area (Å²) in [6, 6.07) is 7.43. The highest BCUT2D eigenvalue weighted by molar-refractivity contribution is 5.63. The molecule has 0 heterocycles. The highest BCUT2D eigenvalue weighted by atomic mass is 14.6. The third-order valence-electron chi connectivity index (χ3n) is 1.49. The van der Waals surface area contributed by atoms with E-state index in [-0.39, 0.29) is 0 Å². The van der Waals surface area contributed by atoms with Gasteiger partial charge in [-0.1, -0.05) is 36.4 Å². The van der Waals surface area contributed by atoms with Gasteiger partial charge >= 0.3 is 0 Å². The van der Waals surface area contributed by atoms with Crippen molar-refractivity contribution in [2.75, 3.05) is 0 Å². The molecule has 1 aromatic rings. The van der Waals surface area contributed by atoms with Crippen molar-refractivity contribution in [3.05, 3.63) is 47.8 Å². The van der Waals surface area contributed by atoms with Gasteiger partial charge in [0.05, 0.1) is 6.57 Å². The molecule has 0 aliphatic rings. The minimum Gasteiger partial charge on any atom is -0.238 e. The van der Waals surface area contributed by atoms with Gasteiger partial charge in [0.2, 0.25) is 0 Å². The molecule has 0 aliphatic heterocycles. The minimum absolute atomic E-state index is 0.676. The summed E-state index contributed by atoms with van der Waals surface area (Å²) in [5, 5.41) is 0. The van der Waals surface area contributed by atoms with Gasteiger partial charge in [-0.2, -0.15) is 0 Å². The molecule has 0 atom stereocenters. The maximum Gasteiger partial charge on any atom is 0.187 e. The van der Waals surface area contributed by atoms with Crippen LogP contribution in [0.25, 0.3) is 10.4 Å². The Labute approximate surface area is 66.8 Å². The Morgan fingerprint density at radius 3 is 2.27 bits per heavy atom. The van der Waals surface area contributed by atoms with Crippen molar-refractivity contribution in [3.8, 4) is 0 Å². The van der Waals surface area contributed by atoms with Crippen LogP contribution in [0.3, 0.4) is 0 Å². The molecule has 0 bridgehead atoms. The molecule has 0 N–H and O–H groups in total. The molecular weight excluding hydrogens is 134 g/mol. The average Bonchev–Trinajstić information content (AvgIpc) is 2.05. The van der Waals surface area contributed by atoms with E-state index in [0.717, 1.165) is 11.1 Å². The van der Waals surface area contributed by atoms with E-state index >= 15 is 0 Å². The molecule has 0 spiro atoms. The summed E-state index contributed by atoms with van der Waals surface area (Å²) >= 11 is 0. The number of nitrogens with zero attached hydrogens (tertiary/aromatic N) is 1. The number of rotatable bonds is 1. The van der Waals surface area contributed by atoms with Crippen molar-refractivity contribution in [1.82, 2.24) is 0 Å². The fourth-order valence-electron chi connectivity index (χ4n) is 0.820. The summed E-state index contributed by atoms with van der Waals surface area (Å²) < 4.78 is 0. The van der Waals surface area contributed by atoms with Crippen molar-refractivity contribution in [2.24, 2.45) is 0 Å². The van der Waals surface area contributed by atoms with Gasteiger partial charge in [0.25, 0.3) is 0 Å². The molecule has 0 aliphatic carbocycles. The van der Waals surface area contributed by atoms with Gasteiger partial charge < -0.3 is 0 Å². The van der Waals surface area contributed by atoms with Gasteiger partial charge in [0, 0.05) is 0 Å². The zero-order valence-corrected chi connectivity index (χ0v) is 6.46. The molecule has 1 rings (SSSR count). The van der Waals surface area contributed by atoms with E-state index in [2.05, 4.69) is 11.4 Å². The summed E-state index contributed by atoms with van der Waals surface area (Å²) in [5.74, 6) is 0. The highest BCUT2D eigenvalue weighted by Crippen LogP contribution is 2.16. The highest BCUT2D eigenvalue weighted by Gasteiger charge is 1.92. The largest absolute Gasteiger partial charge is 0.238 e. The zero-order valence-electron chi connectivity index (χ0n) is 6.46. The molecule has 0 aromatic heterocycles. The average molecular weight is 143 g/mol. The summed E-state index contributed by atoms with van der Waals surface area (Å²) in [4.78, 5) is 3.29. The predicted octanol–water partition coefficient (Wildman–Crippen LogP) is 3.27. The second-order valence-corrected chi connectivity index (χ2v) is 2.44. The van der Waals surface area contributed by atoms with Crippen molar-refractivity contribution < 1.29 is 0 Å². The van der Waals surface area contributed by atoms with E-state index in [1.807, 2.05) is 19.1 Å². The molecule has 0 unspecified atom stereocenters. The maximum absolute atomic E-state index is 6.72. The fraction of sp³-hybridized carbons (Fsp3) is 0.100. The lowest BCUT2D eigenvalue weighted by Gasteiger charge is -1.97. The molecule has 0 saturated carbocycles. The Kier molecular flexibility index (Phi) is 2.08. The second-order valence-electron chi connectivity index (χ2n) is 2.44. The maximum atomic E-state index is 6.72. The van der Waals surface area contributed by atoms with Crippen molar-refractivity contribution in [1.29, 1.82) is 0 Å². The number of allylic oxidation sites excluding steroid dienone is 1. The summed E-state index contributed by atoms with van der Waals surface area (Å²) in [6.45, 7) is 12.5. The molecule has 1 heteroatoms. The zero-order chi connectivity index (χ0) is 8.27. The Hall–Kier alpha value is -1.55. The molecule has 0 fully saturated rings. The smallest absolute Gasteiger partial charge is 0.187 e. The van der Waals surface area contributed by atoms with Crippen LogP contribution in [0.15, 0.2) is 30.8 Å². The van der Waals surface area contributed by atoms with Gasteiger partial charge in [0.1, 0.15) is 0 Å². The first kappa shape index (κ1) is 7.56. The van der Waals surface area contributed by atoms with Gasteiger partial charge in [0.15, 0.2) is 5.69 Å². The fourth-order valence-corrected chi connectivity index (χ4v) is 0.820. The first-order chi connectivity index (χ1) is 5.24. The standard InChI is InChI=1S/C10H9N/c1-8(2)9-4-6-10(11-3)7-5-9/h4-7H,1H2,2H3. The lowest BCUT2D eigenvalue weighted by Crippen LogP contribution is -1.73. The third-order valence-corrected chi connectivity index (χ3v) is 1.49. The lowest BCUT2D eigenvalue weighted by atomic mass is 10.1. The van der Waals surface area contributed by atoms with Gasteiger partial charge in [-0.25, -0.2) is 4.85 Å². The van der Waals surface area contributed by atoms with Crippen LogP contribution in [-0.2, 0) is 0 Å². The van der Waals surface area contributed by atoms with Crippen LogP contribution in [0, 0.1) is 6.57 Å². The van der Waals surface area contributed by atoms with Crippen LogP contribution < -0.4 is 0 Å². The van der Waals surface area contributed by atoms with Gasteiger partial charge in [-0.15, -0.1) is 0 Å².